The number of nitrogens with one attached hydrogen (secondary N) is 2. The van der Waals surface area contributed by atoms with Crippen molar-refractivity contribution in [3.63, 3.8) is 0 Å². The van der Waals surface area contributed by atoms with Crippen LogP contribution in [0.2, 0.25) is 0 Å². The van der Waals surface area contributed by atoms with Gasteiger partial charge in [-0.25, -0.2) is 4.79 Å². The summed E-state index contributed by atoms with van der Waals surface area (Å²) in [7, 11) is 0.801. The second kappa shape index (κ2) is 9.14. The van der Waals surface area contributed by atoms with E-state index in [2.05, 4.69) is 10.6 Å². The molecule has 3 rings (SSSR count). The number of hydrogen-bond donors (Lipinski definition) is 2. The van der Waals surface area contributed by atoms with Gasteiger partial charge >= 0.3 is 6.09 Å². The fourth-order valence-electron chi connectivity index (χ4n) is 2.76. The molecule has 0 aliphatic carbocycles. The van der Waals surface area contributed by atoms with Gasteiger partial charge in [-0.3, -0.25) is 14.5 Å². The van der Waals surface area contributed by atoms with Crippen molar-refractivity contribution >= 4 is 60.2 Å². The highest BCUT2D eigenvalue weighted by molar-refractivity contribution is 8.00. The summed E-state index contributed by atoms with van der Waals surface area (Å²) >= 11 is 7.69. The van der Waals surface area contributed by atoms with Crippen molar-refractivity contribution < 1.29 is 19.1 Å². The summed E-state index contributed by atoms with van der Waals surface area (Å²) in [5.74, 6) is 0.277. The van der Waals surface area contributed by atoms with E-state index in [0.29, 0.717) is 23.3 Å². The average molecular weight is 444 g/mol. The molecule has 1 aromatic rings. The molecule has 2 N–H and O–H groups in total. The van der Waals surface area contributed by atoms with E-state index in [1.807, 2.05) is 12.3 Å². The predicted octanol–water partition coefficient (Wildman–Crippen LogP) is 2.17. The first-order chi connectivity index (χ1) is 13.0. The number of nitrogens with zero attached hydrogens (tertiary/aromatic N) is 1. The Hall–Kier alpha value is -1.48. The number of thioether (sulfide) groups is 1. The molecule has 3 heterocycles. The van der Waals surface area contributed by atoms with Crippen LogP contribution in [0.15, 0.2) is 28.8 Å². The normalized spacial score (nSPS) is 21.5. The van der Waals surface area contributed by atoms with Crippen LogP contribution in [-0.2, 0) is 21.3 Å². The van der Waals surface area contributed by atoms with E-state index in [1.54, 1.807) is 28.8 Å². The van der Waals surface area contributed by atoms with Crippen LogP contribution in [0, 0.1) is 0 Å². The average Bonchev–Trinajstić information content (AvgIpc) is 3.19. The van der Waals surface area contributed by atoms with Gasteiger partial charge in [0.05, 0.1) is 4.88 Å². The van der Waals surface area contributed by atoms with Gasteiger partial charge in [0.25, 0.3) is 11.8 Å². The van der Waals surface area contributed by atoms with Crippen LogP contribution >= 0.6 is 30.5 Å². The maximum absolute atomic E-state index is 12.5. The molecule has 2 unspecified atom stereocenters. The fourth-order valence-corrected chi connectivity index (χ4v) is 5.31. The first-order valence-corrected chi connectivity index (χ1v) is 12.2. The molecular formula is C16H18N3O4PS3. The summed E-state index contributed by atoms with van der Waals surface area (Å²) in [5, 5.41) is 7.15. The monoisotopic (exact) mass is 443 g/mol. The van der Waals surface area contributed by atoms with Gasteiger partial charge in [0.2, 0.25) is 0 Å². The quantitative estimate of drug-likeness (QED) is 0.382. The van der Waals surface area contributed by atoms with Crippen LogP contribution in [0.3, 0.4) is 0 Å². The number of carbonyl (C=O) groups is 3. The maximum Gasteiger partial charge on any atom is 0.407 e. The number of hydrogen-bond acceptors (Lipinski definition) is 7. The zero-order chi connectivity index (χ0) is 19.4. The summed E-state index contributed by atoms with van der Waals surface area (Å²) in [6.45, 7) is 2.46. The van der Waals surface area contributed by atoms with Crippen molar-refractivity contribution in [2.24, 2.45) is 0 Å². The molecule has 0 spiro atoms. The van der Waals surface area contributed by atoms with Gasteiger partial charge in [0, 0.05) is 24.2 Å². The molecule has 2 aliphatic rings. The molecule has 1 saturated heterocycles. The van der Waals surface area contributed by atoms with E-state index < -0.39 is 12.1 Å². The Labute approximate surface area is 171 Å². The Morgan fingerprint density at radius 1 is 1.48 bits per heavy atom. The standard InChI is InChI=1S/C16H18N3O4PS3/c1-9-10(7-23-16(22)17-4-5-24-25)8-27-15-12(14(21)19(9)15)18-13(20)11-3-2-6-26-11/h2-3,6,12,15H,4-5,7-8H2,1H3,(H,17,22)(H,18,20). The van der Waals surface area contributed by atoms with Crippen molar-refractivity contribution in [3.05, 3.63) is 33.7 Å². The minimum absolute atomic E-state index is 0.120. The Balaban J connectivity index is 1.54. The second-order valence-corrected chi connectivity index (χ2v) is 9.42. The zero-order valence-corrected chi connectivity index (χ0v) is 17.8. The molecule has 0 radical (unpaired) electrons. The Morgan fingerprint density at radius 3 is 3.00 bits per heavy atom. The van der Waals surface area contributed by atoms with Crippen LogP contribution in [0.5, 0.6) is 0 Å². The third-order valence-electron chi connectivity index (χ3n) is 4.23. The Bertz CT molecular complexity index is 784. The molecule has 1 fully saturated rings. The second-order valence-electron chi connectivity index (χ2n) is 5.88. The van der Waals surface area contributed by atoms with Gasteiger partial charge in [0.15, 0.2) is 0 Å². The molecule has 0 saturated carbocycles. The van der Waals surface area contributed by atoms with Gasteiger partial charge in [-0.05, 0) is 31.3 Å². The third kappa shape index (κ3) is 4.51. The molecule has 1 aromatic heterocycles. The number of ether oxygens (including phenoxy) is 1. The smallest absolute Gasteiger partial charge is 0.407 e. The first-order valence-electron chi connectivity index (χ1n) is 8.20. The number of amides is 3. The van der Waals surface area contributed by atoms with E-state index in [-0.39, 0.29) is 23.8 Å². The predicted molar refractivity (Wildman–Crippen MR) is 110 cm³/mol. The molecule has 144 valence electrons. The minimum Gasteiger partial charge on any atom is -0.445 e. The lowest BCUT2D eigenvalue weighted by atomic mass is 10.0. The lowest BCUT2D eigenvalue weighted by molar-refractivity contribution is -0.142. The van der Waals surface area contributed by atoms with Crippen LogP contribution in [0.1, 0.15) is 16.6 Å². The number of carbonyl (C=O) groups excluding carboxylic acids is 3. The highest BCUT2D eigenvalue weighted by Gasteiger charge is 2.51. The number of rotatable bonds is 7. The van der Waals surface area contributed by atoms with Crippen LogP contribution in [0.4, 0.5) is 4.79 Å². The van der Waals surface area contributed by atoms with Crippen molar-refractivity contribution in [1.82, 2.24) is 15.5 Å². The zero-order valence-electron chi connectivity index (χ0n) is 14.5. The lowest BCUT2D eigenvalue weighted by Crippen LogP contribution is -2.69. The maximum atomic E-state index is 12.5. The molecule has 7 nitrogen and oxygen atoms in total. The van der Waals surface area contributed by atoms with Crippen molar-refractivity contribution in [3.8, 4) is 0 Å². The molecule has 2 atom stereocenters. The summed E-state index contributed by atoms with van der Waals surface area (Å²) in [4.78, 5) is 38.6. The third-order valence-corrected chi connectivity index (χ3v) is 7.39. The van der Waals surface area contributed by atoms with E-state index in [1.165, 1.54) is 11.3 Å². The number of fused-ring (bicyclic) bond motifs is 1. The van der Waals surface area contributed by atoms with Gasteiger partial charge in [-0.1, -0.05) is 17.9 Å². The van der Waals surface area contributed by atoms with E-state index in [4.69, 9.17) is 16.5 Å². The van der Waals surface area contributed by atoms with Crippen LogP contribution < -0.4 is 10.6 Å². The first kappa shape index (κ1) is 20.3. The molecule has 0 aromatic carbocycles. The molecular weight excluding hydrogens is 425 g/mol. The highest BCUT2D eigenvalue weighted by Crippen LogP contribution is 2.40. The molecule has 11 heteroatoms. The molecule has 2 aliphatic heterocycles. The summed E-state index contributed by atoms with van der Waals surface area (Å²) < 4.78 is 5.22. The number of thiophene rings is 1. The van der Waals surface area contributed by atoms with Gasteiger partial charge in [-0.2, -0.15) is 0 Å². The summed E-state index contributed by atoms with van der Waals surface area (Å²) in [5.41, 5.74) is 1.69. The number of alkyl carbamates (subject to hydrolysis) is 1. The van der Waals surface area contributed by atoms with Gasteiger partial charge < -0.3 is 15.4 Å². The minimum atomic E-state index is -0.525. The van der Waals surface area contributed by atoms with E-state index in [9.17, 15) is 14.4 Å². The number of allylic oxidation sites excluding steroid dienone is 1. The number of β-lactam (4-membered cyclic amide) rings is 1. The Kier molecular flexibility index (Phi) is 6.86. The largest absolute Gasteiger partial charge is 0.445 e. The van der Waals surface area contributed by atoms with Crippen LogP contribution in [-0.4, -0.2) is 59.3 Å². The Morgan fingerprint density at radius 2 is 2.30 bits per heavy atom. The topological polar surface area (TPSA) is 87.7 Å². The summed E-state index contributed by atoms with van der Waals surface area (Å²) in [6, 6.07) is 3.01. The van der Waals surface area contributed by atoms with Crippen molar-refractivity contribution in [2.75, 3.05) is 25.1 Å². The SMILES string of the molecule is CC1=C(COC(=O)NCCP=S)CSC2C(NC(=O)c3cccs3)C(=O)N12. The molecule has 3 amide bonds. The van der Waals surface area contributed by atoms with Gasteiger partial charge in [-0.15, -0.1) is 23.1 Å². The fraction of sp³-hybridized carbons (Fsp3) is 0.438. The van der Waals surface area contributed by atoms with Gasteiger partial charge in [0.1, 0.15) is 18.0 Å². The van der Waals surface area contributed by atoms with Crippen LogP contribution in [0.25, 0.3) is 0 Å². The molecule has 0 bridgehead atoms. The van der Waals surface area contributed by atoms with Crippen molar-refractivity contribution in [2.45, 2.75) is 18.3 Å². The lowest BCUT2D eigenvalue weighted by Gasteiger charge is -2.50. The summed E-state index contributed by atoms with van der Waals surface area (Å²) in [6.07, 6.45) is 0.210. The van der Waals surface area contributed by atoms with E-state index >= 15 is 0 Å². The van der Waals surface area contributed by atoms with Crippen molar-refractivity contribution in [1.29, 1.82) is 0 Å². The molecule has 27 heavy (non-hydrogen) atoms. The highest BCUT2D eigenvalue weighted by atomic mass is 32.4. The van der Waals surface area contributed by atoms with E-state index in [0.717, 1.165) is 18.6 Å².